The summed E-state index contributed by atoms with van der Waals surface area (Å²) in [5.41, 5.74) is 3.00. The maximum Gasteiger partial charge on any atom is 0.264 e. The topological polar surface area (TPSA) is 59.9 Å². The number of benzene rings is 1. The maximum atomic E-state index is 12.2. The molecule has 136 valence electrons. The molecule has 2 atom stereocenters. The van der Waals surface area contributed by atoms with Gasteiger partial charge in [-0.2, -0.15) is 0 Å². The van der Waals surface area contributed by atoms with Gasteiger partial charge in [0.2, 0.25) is 0 Å². The Hall–Kier alpha value is -2.15. The number of ether oxygens (including phenoxy) is 2. The van der Waals surface area contributed by atoms with Gasteiger partial charge in [0.25, 0.3) is 5.91 Å². The van der Waals surface area contributed by atoms with E-state index in [0.717, 1.165) is 17.7 Å². The van der Waals surface area contributed by atoms with Crippen LogP contribution in [0.2, 0.25) is 0 Å². The van der Waals surface area contributed by atoms with Crippen molar-refractivity contribution in [3.05, 3.63) is 64.6 Å². The molecule has 1 aromatic rings. The quantitative estimate of drug-likeness (QED) is 0.806. The fourth-order valence-electron chi connectivity index (χ4n) is 2.72. The van der Waals surface area contributed by atoms with E-state index in [4.69, 9.17) is 9.47 Å². The minimum Gasteiger partial charge on any atom is -0.374 e. The predicted octanol–water partition coefficient (Wildman–Crippen LogP) is 3.51. The molecule has 0 spiro atoms. The Morgan fingerprint density at radius 2 is 1.92 bits per heavy atom. The fraction of sp³-hybridized carbons (Fsp3) is 0.300. The van der Waals surface area contributed by atoms with Gasteiger partial charge < -0.3 is 14.8 Å². The number of thioether (sulfide) groups is 1. The van der Waals surface area contributed by atoms with Crippen LogP contribution in [0, 0.1) is 0 Å². The van der Waals surface area contributed by atoms with Crippen molar-refractivity contribution in [2.45, 2.75) is 25.6 Å². The van der Waals surface area contributed by atoms with E-state index < -0.39 is 0 Å². The van der Waals surface area contributed by atoms with Gasteiger partial charge in [-0.3, -0.25) is 4.79 Å². The first kappa shape index (κ1) is 18.6. The number of amides is 1. The van der Waals surface area contributed by atoms with Gasteiger partial charge in [-0.15, -0.1) is 0 Å². The number of amidine groups is 1. The first-order valence-electron chi connectivity index (χ1n) is 8.47. The molecule has 0 aromatic heterocycles. The SMILES string of the molecule is CCc1ccc(N=C2NC(=O)/C(=C/C3=C[C@@H](OC)[C@H](OC)C=C3)S2)cc1. The van der Waals surface area contributed by atoms with Crippen LogP contribution in [0.25, 0.3) is 0 Å². The molecule has 0 unspecified atom stereocenters. The van der Waals surface area contributed by atoms with Gasteiger partial charge in [-0.1, -0.05) is 31.2 Å². The Morgan fingerprint density at radius 1 is 1.19 bits per heavy atom. The zero-order chi connectivity index (χ0) is 18.5. The Balaban J connectivity index is 1.75. The van der Waals surface area contributed by atoms with Crippen molar-refractivity contribution < 1.29 is 14.3 Å². The molecule has 1 amide bonds. The van der Waals surface area contributed by atoms with Crippen LogP contribution in [0.4, 0.5) is 5.69 Å². The lowest BCUT2D eigenvalue weighted by molar-refractivity contribution is -0.115. The van der Waals surface area contributed by atoms with Crippen molar-refractivity contribution in [1.29, 1.82) is 0 Å². The molecule has 6 heteroatoms. The van der Waals surface area contributed by atoms with Gasteiger partial charge in [0.05, 0.1) is 10.6 Å². The lowest BCUT2D eigenvalue weighted by Gasteiger charge is -2.22. The maximum absolute atomic E-state index is 12.2. The van der Waals surface area contributed by atoms with Crippen LogP contribution in [0.5, 0.6) is 0 Å². The minimum atomic E-state index is -0.170. The van der Waals surface area contributed by atoms with Crippen LogP contribution in [-0.4, -0.2) is 37.5 Å². The first-order chi connectivity index (χ1) is 12.6. The Morgan fingerprint density at radius 3 is 2.58 bits per heavy atom. The number of nitrogens with zero attached hydrogens (tertiary/aromatic N) is 1. The highest BCUT2D eigenvalue weighted by atomic mass is 32.2. The molecule has 1 aliphatic carbocycles. The number of carbonyl (C=O) groups excluding carboxylic acids is 1. The second-order valence-corrected chi connectivity index (χ2v) is 6.96. The standard InChI is InChI=1S/C20H22N2O3S/c1-4-13-5-8-15(9-6-13)21-20-22-19(23)18(26-20)12-14-7-10-16(24-2)17(11-14)25-3/h5-12,16-17H,4H2,1-3H3,(H,21,22,23)/b18-12-/t16-,17-/m1/s1. The molecule has 1 aromatic carbocycles. The molecule has 1 saturated heterocycles. The summed E-state index contributed by atoms with van der Waals surface area (Å²) in [5, 5.41) is 3.40. The molecule has 26 heavy (non-hydrogen) atoms. The molecular formula is C20H22N2O3S. The fourth-order valence-corrected chi connectivity index (χ4v) is 3.56. The van der Waals surface area contributed by atoms with E-state index in [2.05, 4.69) is 17.2 Å². The van der Waals surface area contributed by atoms with Crippen LogP contribution in [0.3, 0.4) is 0 Å². The second-order valence-electron chi connectivity index (χ2n) is 5.93. The normalized spacial score (nSPS) is 25.7. The van der Waals surface area contributed by atoms with Crippen molar-refractivity contribution in [2.24, 2.45) is 4.99 Å². The lowest BCUT2D eigenvalue weighted by Crippen LogP contribution is -2.28. The van der Waals surface area contributed by atoms with Gasteiger partial charge in [0, 0.05) is 14.2 Å². The van der Waals surface area contributed by atoms with Crippen molar-refractivity contribution >= 4 is 28.5 Å². The summed E-state index contributed by atoms with van der Waals surface area (Å²) in [5.74, 6) is -0.143. The van der Waals surface area contributed by atoms with E-state index >= 15 is 0 Å². The average Bonchev–Trinajstić information content (AvgIpc) is 3.01. The largest absolute Gasteiger partial charge is 0.374 e. The smallest absolute Gasteiger partial charge is 0.264 e. The number of hydrogen-bond acceptors (Lipinski definition) is 5. The molecule has 0 saturated carbocycles. The number of carbonyl (C=O) groups is 1. The number of nitrogens with one attached hydrogen (secondary N) is 1. The van der Waals surface area contributed by atoms with Crippen LogP contribution < -0.4 is 5.32 Å². The number of methoxy groups -OCH3 is 2. The summed E-state index contributed by atoms with van der Waals surface area (Å²) in [7, 11) is 3.29. The Labute approximate surface area is 157 Å². The van der Waals surface area contributed by atoms with Crippen LogP contribution in [-0.2, 0) is 20.7 Å². The molecule has 0 radical (unpaired) electrons. The van der Waals surface area contributed by atoms with Crippen LogP contribution in [0.1, 0.15) is 12.5 Å². The van der Waals surface area contributed by atoms with E-state index in [-0.39, 0.29) is 18.1 Å². The summed E-state index contributed by atoms with van der Waals surface area (Å²) in [4.78, 5) is 17.3. The van der Waals surface area contributed by atoms with E-state index in [1.165, 1.54) is 17.3 Å². The van der Waals surface area contributed by atoms with Gasteiger partial charge in [-0.05, 0) is 53.6 Å². The zero-order valence-electron chi connectivity index (χ0n) is 15.1. The molecular weight excluding hydrogens is 348 g/mol. The summed E-state index contributed by atoms with van der Waals surface area (Å²) >= 11 is 1.34. The van der Waals surface area contributed by atoms with Crippen LogP contribution >= 0.6 is 11.8 Å². The number of allylic oxidation sites excluding steroid dienone is 3. The first-order valence-corrected chi connectivity index (χ1v) is 9.28. The molecule has 3 rings (SSSR count). The average molecular weight is 370 g/mol. The van der Waals surface area contributed by atoms with Gasteiger partial charge in [-0.25, -0.2) is 4.99 Å². The van der Waals surface area contributed by atoms with Crippen molar-refractivity contribution in [3.63, 3.8) is 0 Å². The third-order valence-corrected chi connectivity index (χ3v) is 5.14. The predicted molar refractivity (Wildman–Crippen MR) is 106 cm³/mol. The van der Waals surface area contributed by atoms with Gasteiger partial charge in [0.15, 0.2) is 5.17 Å². The van der Waals surface area contributed by atoms with Crippen molar-refractivity contribution in [1.82, 2.24) is 5.32 Å². The van der Waals surface area contributed by atoms with Crippen LogP contribution in [0.15, 0.2) is 64.0 Å². The summed E-state index contributed by atoms with van der Waals surface area (Å²) in [6.07, 6.45) is 8.37. The molecule has 0 bridgehead atoms. The number of hydrogen-bond donors (Lipinski definition) is 1. The third kappa shape index (κ3) is 4.33. The summed E-state index contributed by atoms with van der Waals surface area (Å²) < 4.78 is 10.8. The lowest BCUT2D eigenvalue weighted by atomic mass is 10.0. The van der Waals surface area contributed by atoms with E-state index in [1.54, 1.807) is 14.2 Å². The molecule has 1 N–H and O–H groups in total. The molecule has 2 aliphatic rings. The highest BCUT2D eigenvalue weighted by Gasteiger charge is 2.25. The molecule has 1 fully saturated rings. The molecule has 1 aliphatic heterocycles. The number of rotatable bonds is 5. The van der Waals surface area contributed by atoms with Crippen molar-refractivity contribution in [2.75, 3.05) is 14.2 Å². The van der Waals surface area contributed by atoms with Crippen molar-refractivity contribution in [3.8, 4) is 0 Å². The third-order valence-electron chi connectivity index (χ3n) is 4.23. The minimum absolute atomic E-state index is 0.115. The highest BCUT2D eigenvalue weighted by molar-refractivity contribution is 8.18. The Kier molecular flexibility index (Phi) is 6.08. The zero-order valence-corrected chi connectivity index (χ0v) is 15.9. The molecule has 5 nitrogen and oxygen atoms in total. The number of aryl methyl sites for hydroxylation is 1. The van der Waals surface area contributed by atoms with Gasteiger partial charge in [0.1, 0.15) is 12.2 Å². The second kappa shape index (κ2) is 8.49. The number of aliphatic imine (C=N–C) groups is 1. The highest BCUT2D eigenvalue weighted by Crippen LogP contribution is 2.28. The van der Waals surface area contributed by atoms with E-state index in [1.807, 2.05) is 48.6 Å². The Bertz CT molecular complexity index is 794. The van der Waals surface area contributed by atoms with Gasteiger partial charge >= 0.3 is 0 Å². The van der Waals surface area contributed by atoms with E-state index in [0.29, 0.717) is 10.1 Å². The molecule has 1 heterocycles. The van der Waals surface area contributed by atoms with E-state index in [9.17, 15) is 4.79 Å². The summed E-state index contributed by atoms with van der Waals surface area (Å²) in [6.45, 7) is 2.11. The summed E-state index contributed by atoms with van der Waals surface area (Å²) in [6, 6.07) is 8.01. The monoisotopic (exact) mass is 370 g/mol.